The van der Waals surface area contributed by atoms with E-state index in [9.17, 15) is 5.26 Å². The number of nitriles is 1. The molecule has 2 aromatic carbocycles. The molecule has 5 heteroatoms. The molecule has 0 bridgehead atoms. The number of nitrogens with zero attached hydrogens (tertiary/aromatic N) is 1. The van der Waals surface area contributed by atoms with Crippen LogP contribution in [-0.4, -0.2) is 20.8 Å². The van der Waals surface area contributed by atoms with Crippen molar-refractivity contribution in [1.82, 2.24) is 0 Å². The van der Waals surface area contributed by atoms with Gasteiger partial charge in [0.1, 0.15) is 5.75 Å². The number of hydrogen-bond acceptors (Lipinski definition) is 5. The van der Waals surface area contributed by atoms with E-state index in [1.807, 2.05) is 31.2 Å². The second kappa shape index (κ2) is 9.98. The molecule has 2 aromatic rings. The highest BCUT2D eigenvalue weighted by atomic mass is 32.2. The monoisotopic (exact) mass is 371 g/mol. The highest BCUT2D eigenvalue weighted by molar-refractivity contribution is 7.99. The van der Waals surface area contributed by atoms with E-state index >= 15 is 0 Å². The smallest absolute Gasteiger partial charge is 0.163 e. The van der Waals surface area contributed by atoms with Crippen molar-refractivity contribution in [3.05, 3.63) is 41.5 Å². The maximum absolute atomic E-state index is 9.17. The zero-order valence-electron chi connectivity index (χ0n) is 15.8. The Bertz CT molecular complexity index is 784. The Kier molecular flexibility index (Phi) is 7.68. The van der Waals surface area contributed by atoms with Crippen molar-refractivity contribution in [1.29, 1.82) is 5.26 Å². The lowest BCUT2D eigenvalue weighted by Crippen LogP contribution is -1.99. The van der Waals surface area contributed by atoms with Crippen molar-refractivity contribution in [3.8, 4) is 23.3 Å². The van der Waals surface area contributed by atoms with Crippen LogP contribution in [0.15, 0.2) is 40.1 Å². The number of ether oxygens (including phenoxy) is 3. The predicted molar refractivity (Wildman–Crippen MR) is 105 cm³/mol. The molecule has 0 unspecified atom stereocenters. The van der Waals surface area contributed by atoms with Crippen LogP contribution in [0.5, 0.6) is 17.2 Å². The van der Waals surface area contributed by atoms with Crippen LogP contribution in [0.3, 0.4) is 0 Å². The number of unbranched alkanes of at least 4 members (excludes halogenated alkanes) is 2. The third-order valence-corrected chi connectivity index (χ3v) is 4.97. The fourth-order valence-corrected chi connectivity index (χ4v) is 3.63. The number of rotatable bonds is 9. The lowest BCUT2D eigenvalue weighted by atomic mass is 10.2. The first-order chi connectivity index (χ1) is 12.6. The minimum absolute atomic E-state index is 0.600. The zero-order chi connectivity index (χ0) is 18.9. The molecule has 0 heterocycles. The van der Waals surface area contributed by atoms with Gasteiger partial charge < -0.3 is 14.2 Å². The Hall–Kier alpha value is -2.32. The lowest BCUT2D eigenvalue weighted by molar-refractivity contribution is 0.299. The molecule has 0 amide bonds. The van der Waals surface area contributed by atoms with Gasteiger partial charge in [0.15, 0.2) is 11.5 Å². The van der Waals surface area contributed by atoms with Crippen molar-refractivity contribution in [2.75, 3.05) is 20.8 Å². The molecule has 26 heavy (non-hydrogen) atoms. The molecule has 0 aliphatic heterocycles. The van der Waals surface area contributed by atoms with Gasteiger partial charge in [-0.05, 0) is 49.2 Å². The van der Waals surface area contributed by atoms with E-state index in [0.29, 0.717) is 17.9 Å². The Morgan fingerprint density at radius 1 is 1.04 bits per heavy atom. The number of aryl methyl sites for hydroxylation is 1. The second-order valence-electron chi connectivity index (χ2n) is 5.91. The predicted octanol–water partition coefficient (Wildman–Crippen LogP) is 5.60. The van der Waals surface area contributed by atoms with Crippen LogP contribution >= 0.6 is 11.8 Å². The van der Waals surface area contributed by atoms with Crippen LogP contribution < -0.4 is 14.2 Å². The topological polar surface area (TPSA) is 51.5 Å². The van der Waals surface area contributed by atoms with Crippen molar-refractivity contribution in [2.45, 2.75) is 42.9 Å². The van der Waals surface area contributed by atoms with Gasteiger partial charge in [0.05, 0.1) is 37.4 Å². The van der Waals surface area contributed by atoms with E-state index < -0.39 is 0 Å². The minimum Gasteiger partial charge on any atom is -0.493 e. The van der Waals surface area contributed by atoms with Gasteiger partial charge in [0.25, 0.3) is 0 Å². The standard InChI is InChI=1S/C21H25NO3S/c1-5-6-7-10-25-18-12-16(14-22)8-9-20(18)26-17-11-15(2)21(24-4)19(13-17)23-3/h8-9,11-13H,5-7,10H2,1-4H3. The van der Waals surface area contributed by atoms with E-state index in [2.05, 4.69) is 19.1 Å². The first kappa shape index (κ1) is 20.0. The summed E-state index contributed by atoms with van der Waals surface area (Å²) in [6.45, 7) is 4.81. The average Bonchev–Trinajstić information content (AvgIpc) is 2.65. The Labute approximate surface area is 160 Å². The van der Waals surface area contributed by atoms with Gasteiger partial charge in [0, 0.05) is 4.90 Å². The molecule has 0 fully saturated rings. The summed E-state index contributed by atoms with van der Waals surface area (Å²) in [6, 6.07) is 11.7. The maximum atomic E-state index is 9.17. The minimum atomic E-state index is 0.600. The van der Waals surface area contributed by atoms with Crippen LogP contribution in [0.4, 0.5) is 0 Å². The molecule has 138 valence electrons. The molecule has 0 saturated carbocycles. The summed E-state index contributed by atoms with van der Waals surface area (Å²) in [6.07, 6.45) is 3.29. The molecule has 0 saturated heterocycles. The molecule has 2 rings (SSSR count). The summed E-state index contributed by atoms with van der Waals surface area (Å²) in [7, 11) is 3.27. The summed E-state index contributed by atoms with van der Waals surface area (Å²) in [5, 5.41) is 9.17. The van der Waals surface area contributed by atoms with E-state index in [0.717, 1.165) is 46.1 Å². The molecule has 0 atom stereocenters. The lowest BCUT2D eigenvalue weighted by Gasteiger charge is -2.14. The summed E-state index contributed by atoms with van der Waals surface area (Å²) in [5.74, 6) is 2.19. The highest BCUT2D eigenvalue weighted by Crippen LogP contribution is 2.41. The van der Waals surface area contributed by atoms with Gasteiger partial charge in [-0.15, -0.1) is 0 Å². The van der Waals surface area contributed by atoms with E-state index in [4.69, 9.17) is 14.2 Å². The largest absolute Gasteiger partial charge is 0.493 e. The maximum Gasteiger partial charge on any atom is 0.163 e. The fraction of sp³-hybridized carbons (Fsp3) is 0.381. The van der Waals surface area contributed by atoms with E-state index in [1.54, 1.807) is 26.0 Å². The molecule has 0 radical (unpaired) electrons. The molecule has 0 spiro atoms. The average molecular weight is 372 g/mol. The van der Waals surface area contributed by atoms with Crippen molar-refractivity contribution >= 4 is 11.8 Å². The van der Waals surface area contributed by atoms with Gasteiger partial charge in [-0.3, -0.25) is 0 Å². The molecular formula is C21H25NO3S. The van der Waals surface area contributed by atoms with Gasteiger partial charge in [0.2, 0.25) is 0 Å². The Morgan fingerprint density at radius 2 is 1.85 bits per heavy atom. The van der Waals surface area contributed by atoms with Crippen molar-refractivity contribution in [2.24, 2.45) is 0 Å². The second-order valence-corrected chi connectivity index (χ2v) is 7.02. The van der Waals surface area contributed by atoms with E-state index in [1.165, 1.54) is 0 Å². The zero-order valence-corrected chi connectivity index (χ0v) is 16.6. The number of benzene rings is 2. The van der Waals surface area contributed by atoms with Gasteiger partial charge >= 0.3 is 0 Å². The van der Waals surface area contributed by atoms with Gasteiger partial charge in [-0.25, -0.2) is 0 Å². The third-order valence-electron chi connectivity index (χ3n) is 3.94. The molecular weight excluding hydrogens is 346 g/mol. The SMILES string of the molecule is CCCCCOc1cc(C#N)ccc1Sc1cc(C)c(OC)c(OC)c1. The fourth-order valence-electron chi connectivity index (χ4n) is 2.62. The normalized spacial score (nSPS) is 10.3. The summed E-state index contributed by atoms with van der Waals surface area (Å²) >= 11 is 1.59. The first-order valence-electron chi connectivity index (χ1n) is 8.70. The quantitative estimate of drug-likeness (QED) is 0.537. The van der Waals surface area contributed by atoms with Crippen molar-refractivity contribution < 1.29 is 14.2 Å². The van der Waals surface area contributed by atoms with Crippen LogP contribution in [0.1, 0.15) is 37.3 Å². The highest BCUT2D eigenvalue weighted by Gasteiger charge is 2.13. The number of hydrogen-bond donors (Lipinski definition) is 0. The van der Waals surface area contributed by atoms with Crippen LogP contribution in [0.2, 0.25) is 0 Å². The molecule has 0 aliphatic carbocycles. The molecule has 0 aromatic heterocycles. The molecule has 4 nitrogen and oxygen atoms in total. The van der Waals surface area contributed by atoms with Crippen LogP contribution in [0.25, 0.3) is 0 Å². The van der Waals surface area contributed by atoms with Gasteiger partial charge in [-0.1, -0.05) is 31.5 Å². The Morgan fingerprint density at radius 3 is 2.50 bits per heavy atom. The van der Waals surface area contributed by atoms with Gasteiger partial charge in [-0.2, -0.15) is 5.26 Å². The first-order valence-corrected chi connectivity index (χ1v) is 9.52. The third kappa shape index (κ3) is 5.09. The van der Waals surface area contributed by atoms with Crippen LogP contribution in [0, 0.1) is 18.3 Å². The Balaban J connectivity index is 2.28. The molecule has 0 N–H and O–H groups in total. The summed E-state index contributed by atoms with van der Waals surface area (Å²) < 4.78 is 16.8. The van der Waals surface area contributed by atoms with Crippen LogP contribution in [-0.2, 0) is 0 Å². The summed E-state index contributed by atoms with van der Waals surface area (Å²) in [4.78, 5) is 2.01. The summed E-state index contributed by atoms with van der Waals surface area (Å²) in [5.41, 5.74) is 1.61. The van der Waals surface area contributed by atoms with E-state index in [-0.39, 0.29) is 0 Å². The number of methoxy groups -OCH3 is 2. The molecule has 0 aliphatic rings. The van der Waals surface area contributed by atoms with Crippen molar-refractivity contribution in [3.63, 3.8) is 0 Å².